The monoisotopic (exact) mass is 467 g/mol. The van der Waals surface area contributed by atoms with Crippen LogP contribution in [0.4, 0.5) is 11.5 Å². The first-order valence-electron chi connectivity index (χ1n) is 12.5. The fourth-order valence-corrected chi connectivity index (χ4v) is 5.39. The van der Waals surface area contributed by atoms with Crippen LogP contribution < -0.4 is 10.2 Å². The molecule has 2 aromatic rings. The van der Waals surface area contributed by atoms with E-state index in [9.17, 15) is 4.79 Å². The summed E-state index contributed by atoms with van der Waals surface area (Å²) in [7, 11) is 2.00. The van der Waals surface area contributed by atoms with Crippen LogP contribution in [0.1, 0.15) is 63.3 Å². The summed E-state index contributed by atoms with van der Waals surface area (Å²) in [5.74, 6) is 2.01. The van der Waals surface area contributed by atoms with Crippen LogP contribution >= 0.6 is 0 Å². The van der Waals surface area contributed by atoms with E-state index in [1.54, 1.807) is 11.0 Å². The largest absolute Gasteiger partial charge is 0.385 e. The van der Waals surface area contributed by atoms with E-state index < -0.39 is 0 Å². The molecule has 0 spiro atoms. The van der Waals surface area contributed by atoms with E-state index in [1.165, 1.54) is 36.0 Å². The number of aromatic nitrogens is 4. The number of carbonyl (C=O) groups excluding carboxylic acids is 1. The third-order valence-corrected chi connectivity index (χ3v) is 7.42. The second kappa shape index (κ2) is 8.83. The maximum Gasteiger partial charge on any atom is 0.244 e. The molecule has 5 rings (SSSR count). The second-order valence-corrected chi connectivity index (χ2v) is 10.8. The lowest BCUT2D eigenvalue weighted by Crippen LogP contribution is -2.58. The molecule has 1 N–H and O–H groups in total. The predicted molar refractivity (Wildman–Crippen MR) is 131 cm³/mol. The highest BCUT2D eigenvalue weighted by molar-refractivity contribution is 5.77. The van der Waals surface area contributed by atoms with Crippen molar-refractivity contribution in [3.8, 4) is 0 Å². The molecule has 184 valence electrons. The van der Waals surface area contributed by atoms with Crippen molar-refractivity contribution < 1.29 is 9.53 Å². The van der Waals surface area contributed by atoms with Gasteiger partial charge >= 0.3 is 0 Å². The lowest BCUT2D eigenvalue weighted by atomic mass is 9.88. The molecule has 2 aromatic heterocycles. The van der Waals surface area contributed by atoms with Crippen LogP contribution in [-0.2, 0) is 29.1 Å². The highest BCUT2D eigenvalue weighted by atomic mass is 16.5. The van der Waals surface area contributed by atoms with Gasteiger partial charge in [0.25, 0.3) is 0 Å². The van der Waals surface area contributed by atoms with Crippen LogP contribution in [0.3, 0.4) is 0 Å². The van der Waals surface area contributed by atoms with Crippen molar-refractivity contribution in [2.24, 2.45) is 5.92 Å². The minimum absolute atomic E-state index is 0.0913. The van der Waals surface area contributed by atoms with Crippen molar-refractivity contribution in [2.75, 3.05) is 36.9 Å². The lowest BCUT2D eigenvalue weighted by molar-refractivity contribution is -0.135. The van der Waals surface area contributed by atoms with E-state index in [-0.39, 0.29) is 24.1 Å². The average Bonchev–Trinajstić information content (AvgIpc) is 3.53. The number of hydrogen-bond acceptors (Lipinski definition) is 7. The highest BCUT2D eigenvalue weighted by Gasteiger charge is 2.39. The van der Waals surface area contributed by atoms with Gasteiger partial charge in [-0.05, 0) is 38.2 Å². The minimum atomic E-state index is -0.189. The van der Waals surface area contributed by atoms with Crippen LogP contribution in [-0.4, -0.2) is 68.9 Å². The molecular weight excluding hydrogens is 430 g/mol. The number of anilines is 2. The van der Waals surface area contributed by atoms with Gasteiger partial charge in [0.2, 0.25) is 5.91 Å². The van der Waals surface area contributed by atoms with Gasteiger partial charge in [-0.15, -0.1) is 0 Å². The smallest absolute Gasteiger partial charge is 0.244 e. The Morgan fingerprint density at radius 3 is 2.71 bits per heavy atom. The molecule has 0 bridgehead atoms. The van der Waals surface area contributed by atoms with Crippen LogP contribution in [0.5, 0.6) is 0 Å². The summed E-state index contributed by atoms with van der Waals surface area (Å²) in [5.41, 5.74) is 4.81. The molecular formula is C25H37N7O2. The molecule has 1 atom stereocenters. The molecule has 1 saturated carbocycles. The molecule has 1 aliphatic carbocycles. The first kappa shape index (κ1) is 23.1. The fourth-order valence-electron chi connectivity index (χ4n) is 5.39. The number of hydrogen-bond donors (Lipinski definition) is 1. The van der Waals surface area contributed by atoms with E-state index in [0.29, 0.717) is 25.0 Å². The highest BCUT2D eigenvalue weighted by Crippen LogP contribution is 2.47. The Bertz CT molecular complexity index is 1050. The van der Waals surface area contributed by atoms with E-state index >= 15 is 0 Å². The molecule has 9 heteroatoms. The number of rotatable bonds is 6. The Morgan fingerprint density at radius 2 is 2.06 bits per heavy atom. The number of piperazine rings is 1. The maximum atomic E-state index is 13.1. The van der Waals surface area contributed by atoms with Crippen LogP contribution in [0.2, 0.25) is 0 Å². The lowest BCUT2D eigenvalue weighted by Gasteiger charge is -2.45. The summed E-state index contributed by atoms with van der Waals surface area (Å²) in [6.07, 6.45) is 6.35. The van der Waals surface area contributed by atoms with Gasteiger partial charge in [0, 0.05) is 44.6 Å². The molecule has 9 nitrogen and oxygen atoms in total. The Morgan fingerprint density at radius 1 is 1.26 bits per heavy atom. The quantitative estimate of drug-likeness (QED) is 0.699. The number of carbonyl (C=O) groups is 1. The number of amides is 1. The normalized spacial score (nSPS) is 22.1. The van der Waals surface area contributed by atoms with Gasteiger partial charge in [-0.3, -0.25) is 4.79 Å². The molecule has 1 saturated heterocycles. The zero-order valence-electron chi connectivity index (χ0n) is 21.0. The van der Waals surface area contributed by atoms with Gasteiger partial charge in [0.05, 0.1) is 29.6 Å². The molecule has 4 heterocycles. The third kappa shape index (κ3) is 4.37. The summed E-state index contributed by atoms with van der Waals surface area (Å²) in [5, 5.41) is 7.60. The first-order valence-corrected chi connectivity index (χ1v) is 12.5. The van der Waals surface area contributed by atoms with Crippen molar-refractivity contribution in [1.82, 2.24) is 24.6 Å². The van der Waals surface area contributed by atoms with Gasteiger partial charge in [-0.25, -0.2) is 14.6 Å². The number of fused-ring (bicyclic) bond motifs is 1. The Labute approximate surface area is 201 Å². The Balaban J connectivity index is 1.46. The molecule has 2 fully saturated rings. The van der Waals surface area contributed by atoms with Crippen molar-refractivity contribution in [3.63, 3.8) is 0 Å². The summed E-state index contributed by atoms with van der Waals surface area (Å²) in [6, 6.07) is 0.108. The first-order chi connectivity index (χ1) is 16.3. The summed E-state index contributed by atoms with van der Waals surface area (Å²) < 4.78 is 7.79. The minimum Gasteiger partial charge on any atom is -0.385 e. The summed E-state index contributed by atoms with van der Waals surface area (Å²) in [4.78, 5) is 26.8. The summed E-state index contributed by atoms with van der Waals surface area (Å²) >= 11 is 0. The van der Waals surface area contributed by atoms with Crippen LogP contribution in [0, 0.1) is 5.92 Å². The Kier molecular flexibility index (Phi) is 6.00. The number of pyridine rings is 1. The van der Waals surface area contributed by atoms with Gasteiger partial charge in [0.15, 0.2) is 5.82 Å². The zero-order chi connectivity index (χ0) is 24.0. The van der Waals surface area contributed by atoms with Crippen LogP contribution in [0.15, 0.2) is 12.7 Å². The van der Waals surface area contributed by atoms with Crippen molar-refractivity contribution in [2.45, 2.75) is 77.7 Å². The van der Waals surface area contributed by atoms with Crippen molar-refractivity contribution in [1.29, 1.82) is 0 Å². The van der Waals surface area contributed by atoms with E-state index in [2.05, 4.69) is 48.0 Å². The topological polar surface area (TPSA) is 88.4 Å². The van der Waals surface area contributed by atoms with Gasteiger partial charge in [-0.2, -0.15) is 5.10 Å². The molecule has 34 heavy (non-hydrogen) atoms. The number of nitrogens with zero attached hydrogens (tertiary/aromatic N) is 6. The molecule has 3 aliphatic rings. The van der Waals surface area contributed by atoms with E-state index in [0.717, 1.165) is 31.0 Å². The molecule has 2 aliphatic heterocycles. The Hall–Kier alpha value is -2.68. The molecule has 1 amide bonds. The van der Waals surface area contributed by atoms with Crippen LogP contribution in [0.25, 0.3) is 0 Å². The fraction of sp³-hybridized carbons (Fsp3) is 0.680. The molecule has 1 unspecified atom stereocenters. The molecule has 0 radical (unpaired) electrons. The zero-order valence-corrected chi connectivity index (χ0v) is 21.0. The summed E-state index contributed by atoms with van der Waals surface area (Å²) in [6.45, 7) is 11.8. The number of ether oxygens (including phenoxy) is 1. The van der Waals surface area contributed by atoms with Gasteiger partial charge in [-0.1, -0.05) is 13.8 Å². The third-order valence-electron chi connectivity index (χ3n) is 7.42. The second-order valence-electron chi connectivity index (χ2n) is 10.8. The number of nitrogens with one attached hydrogen (secondary N) is 1. The average molecular weight is 468 g/mol. The van der Waals surface area contributed by atoms with Crippen molar-refractivity contribution in [3.05, 3.63) is 29.5 Å². The van der Waals surface area contributed by atoms with Gasteiger partial charge < -0.3 is 19.9 Å². The predicted octanol–water partition coefficient (Wildman–Crippen LogP) is 2.82. The van der Waals surface area contributed by atoms with Gasteiger partial charge in [0.1, 0.15) is 19.2 Å². The SMILES string of the molecule is CNc1c(N2CCN(C(=O)Cn3cncn3)C(C(C)C)C2)nc(C2CC2)c2c1CC(C)(C)OC2. The van der Waals surface area contributed by atoms with E-state index in [1.807, 2.05) is 11.9 Å². The maximum absolute atomic E-state index is 13.1. The molecule has 0 aromatic carbocycles. The van der Waals surface area contributed by atoms with E-state index in [4.69, 9.17) is 9.72 Å². The standard InChI is InChI=1S/C25H37N7O2/c1-16(2)20-11-30(8-9-32(20)21(33)12-31-15-27-14-28-31)24-23(26-5)18-10-25(3,4)34-13-19(18)22(29-24)17-6-7-17/h14-17,20,26H,6-13H2,1-5H3. The van der Waals surface area contributed by atoms with Crippen molar-refractivity contribution >= 4 is 17.4 Å².